The quantitative estimate of drug-likeness (QED) is 0.611. The molecule has 1 fully saturated rings. The lowest BCUT2D eigenvalue weighted by atomic mass is 9.94. The Morgan fingerprint density at radius 1 is 0.875 bits per heavy atom. The van der Waals surface area contributed by atoms with Crippen molar-refractivity contribution in [2.75, 3.05) is 6.61 Å². The second-order valence-electron chi connectivity index (χ2n) is 6.57. The maximum Gasteiger partial charge on any atom is 0.222 e. The van der Waals surface area contributed by atoms with E-state index in [1.165, 1.54) is 25.7 Å². The van der Waals surface area contributed by atoms with Gasteiger partial charge >= 0.3 is 0 Å². The van der Waals surface area contributed by atoms with E-state index in [4.69, 9.17) is 9.47 Å². The van der Waals surface area contributed by atoms with E-state index < -0.39 is 5.79 Å². The number of rotatable bonds is 7. The van der Waals surface area contributed by atoms with Crippen LogP contribution in [0.2, 0.25) is 0 Å². The third-order valence-corrected chi connectivity index (χ3v) is 4.77. The monoisotopic (exact) mass is 324 g/mol. The summed E-state index contributed by atoms with van der Waals surface area (Å²) in [7, 11) is 0. The largest absolute Gasteiger partial charge is 0.342 e. The summed E-state index contributed by atoms with van der Waals surface area (Å²) in [6, 6.07) is 20.7. The summed E-state index contributed by atoms with van der Waals surface area (Å²) in [5.74, 6) is -0.768. The molecule has 1 unspecified atom stereocenters. The Hall–Kier alpha value is -1.64. The van der Waals surface area contributed by atoms with E-state index in [1.54, 1.807) is 0 Å². The van der Waals surface area contributed by atoms with Crippen LogP contribution in [0.15, 0.2) is 60.7 Å². The van der Waals surface area contributed by atoms with Crippen LogP contribution in [0.4, 0.5) is 0 Å². The topological polar surface area (TPSA) is 18.5 Å². The van der Waals surface area contributed by atoms with Gasteiger partial charge in [-0.2, -0.15) is 0 Å². The first-order valence-electron chi connectivity index (χ1n) is 9.28. The first-order valence-corrected chi connectivity index (χ1v) is 9.28. The number of hydrogen-bond donors (Lipinski definition) is 0. The zero-order chi connectivity index (χ0) is 16.7. The van der Waals surface area contributed by atoms with E-state index in [9.17, 15) is 0 Å². The van der Waals surface area contributed by atoms with Crippen LogP contribution in [0.1, 0.15) is 56.6 Å². The molecule has 0 saturated carbocycles. The van der Waals surface area contributed by atoms with Gasteiger partial charge in [0.1, 0.15) is 0 Å². The number of benzene rings is 2. The third kappa shape index (κ3) is 3.88. The fraction of sp³-hybridized carbons (Fsp3) is 0.455. The van der Waals surface area contributed by atoms with Crippen molar-refractivity contribution in [3.8, 4) is 0 Å². The van der Waals surface area contributed by atoms with Crippen LogP contribution in [-0.2, 0) is 15.3 Å². The highest BCUT2D eigenvalue weighted by Crippen LogP contribution is 2.40. The van der Waals surface area contributed by atoms with Crippen LogP contribution in [0.25, 0.3) is 0 Å². The van der Waals surface area contributed by atoms with Crippen molar-refractivity contribution in [3.05, 3.63) is 71.8 Å². The van der Waals surface area contributed by atoms with E-state index in [1.807, 2.05) is 12.1 Å². The second kappa shape index (κ2) is 8.46. The predicted octanol–water partition coefficient (Wildman–Crippen LogP) is 5.66. The third-order valence-electron chi connectivity index (χ3n) is 4.77. The summed E-state index contributed by atoms with van der Waals surface area (Å²) in [5, 5.41) is 0. The molecule has 1 heterocycles. The molecule has 2 aromatic carbocycles. The Morgan fingerprint density at radius 3 is 2.08 bits per heavy atom. The lowest BCUT2D eigenvalue weighted by molar-refractivity contribution is -0.279. The molecular weight excluding hydrogens is 296 g/mol. The first-order chi connectivity index (χ1) is 11.8. The molecule has 3 rings (SSSR count). The second-order valence-corrected chi connectivity index (χ2v) is 6.57. The van der Waals surface area contributed by atoms with Crippen molar-refractivity contribution in [2.45, 2.75) is 57.3 Å². The maximum atomic E-state index is 6.60. The van der Waals surface area contributed by atoms with Crippen molar-refractivity contribution in [2.24, 2.45) is 0 Å². The normalized spacial score (nSPS) is 20.0. The molecule has 1 atom stereocenters. The minimum Gasteiger partial charge on any atom is -0.342 e. The molecule has 0 aliphatic carbocycles. The molecule has 0 aromatic heterocycles. The van der Waals surface area contributed by atoms with E-state index >= 15 is 0 Å². The fourth-order valence-electron chi connectivity index (χ4n) is 3.45. The van der Waals surface area contributed by atoms with Crippen LogP contribution in [0.3, 0.4) is 0 Å². The van der Waals surface area contributed by atoms with Gasteiger partial charge in [0.2, 0.25) is 5.79 Å². The Balaban J connectivity index is 1.83. The molecule has 24 heavy (non-hydrogen) atoms. The van der Waals surface area contributed by atoms with Crippen LogP contribution in [0, 0.1) is 0 Å². The van der Waals surface area contributed by atoms with E-state index in [-0.39, 0.29) is 6.10 Å². The fourth-order valence-corrected chi connectivity index (χ4v) is 3.45. The van der Waals surface area contributed by atoms with Gasteiger partial charge in [0, 0.05) is 11.1 Å². The Morgan fingerprint density at radius 2 is 1.50 bits per heavy atom. The van der Waals surface area contributed by atoms with Gasteiger partial charge in [0.15, 0.2) is 0 Å². The van der Waals surface area contributed by atoms with E-state index in [0.29, 0.717) is 0 Å². The highest BCUT2D eigenvalue weighted by molar-refractivity contribution is 5.34. The molecule has 1 saturated heterocycles. The van der Waals surface area contributed by atoms with Gasteiger partial charge in [-0.05, 0) is 12.8 Å². The average molecular weight is 324 g/mol. The van der Waals surface area contributed by atoms with Crippen LogP contribution in [0.5, 0.6) is 0 Å². The molecule has 2 nitrogen and oxygen atoms in total. The molecule has 1 aliphatic heterocycles. The van der Waals surface area contributed by atoms with Gasteiger partial charge in [0.05, 0.1) is 12.7 Å². The van der Waals surface area contributed by atoms with Crippen LogP contribution < -0.4 is 0 Å². The molecule has 0 spiro atoms. The Labute approximate surface area is 145 Å². The summed E-state index contributed by atoms with van der Waals surface area (Å²) < 4.78 is 12.9. The lowest BCUT2D eigenvalue weighted by Crippen LogP contribution is -2.43. The zero-order valence-electron chi connectivity index (χ0n) is 14.6. The van der Waals surface area contributed by atoms with Crippen molar-refractivity contribution in [1.29, 1.82) is 0 Å². The standard InChI is InChI=1S/C22H28O2/c1-2-3-4-11-16-21-17-18-23-22(24-21,19-12-7-5-8-13-19)20-14-9-6-10-15-20/h5-10,12-15,21H,2-4,11,16-18H2,1H3. The highest BCUT2D eigenvalue weighted by atomic mass is 16.7. The SMILES string of the molecule is CCCCCCC1CCOC(c2ccccc2)(c2ccccc2)O1. The van der Waals surface area contributed by atoms with Gasteiger partial charge < -0.3 is 9.47 Å². The van der Waals surface area contributed by atoms with Crippen molar-refractivity contribution in [3.63, 3.8) is 0 Å². The number of hydrogen-bond acceptors (Lipinski definition) is 2. The molecule has 0 N–H and O–H groups in total. The molecule has 0 bridgehead atoms. The maximum absolute atomic E-state index is 6.60. The van der Waals surface area contributed by atoms with E-state index in [0.717, 1.165) is 30.6 Å². The van der Waals surface area contributed by atoms with Crippen molar-refractivity contribution in [1.82, 2.24) is 0 Å². The molecule has 2 aromatic rings. The first kappa shape index (κ1) is 17.2. The van der Waals surface area contributed by atoms with E-state index in [2.05, 4.69) is 55.5 Å². The summed E-state index contributed by atoms with van der Waals surface area (Å²) in [5.41, 5.74) is 2.16. The molecule has 1 aliphatic rings. The van der Waals surface area contributed by atoms with Crippen molar-refractivity contribution < 1.29 is 9.47 Å². The molecule has 128 valence electrons. The highest BCUT2D eigenvalue weighted by Gasteiger charge is 2.41. The van der Waals surface area contributed by atoms with Gasteiger partial charge in [-0.25, -0.2) is 0 Å². The van der Waals surface area contributed by atoms with Gasteiger partial charge in [-0.1, -0.05) is 93.3 Å². The van der Waals surface area contributed by atoms with Crippen LogP contribution in [-0.4, -0.2) is 12.7 Å². The summed E-state index contributed by atoms with van der Waals surface area (Å²) in [6.45, 7) is 2.99. The Kier molecular flexibility index (Phi) is 6.06. The Bertz CT molecular complexity index is 554. The molecule has 0 amide bonds. The minimum atomic E-state index is -0.768. The van der Waals surface area contributed by atoms with Gasteiger partial charge in [0.25, 0.3) is 0 Å². The summed E-state index contributed by atoms with van der Waals surface area (Å²) in [6.07, 6.45) is 7.46. The lowest BCUT2D eigenvalue weighted by Gasteiger charge is -2.42. The zero-order valence-corrected chi connectivity index (χ0v) is 14.6. The van der Waals surface area contributed by atoms with Gasteiger partial charge in [-0.15, -0.1) is 0 Å². The average Bonchev–Trinajstić information content (AvgIpc) is 2.67. The molecule has 0 radical (unpaired) electrons. The summed E-state index contributed by atoms with van der Waals surface area (Å²) >= 11 is 0. The number of ether oxygens (including phenoxy) is 2. The number of unbranched alkanes of at least 4 members (excludes halogenated alkanes) is 3. The summed E-state index contributed by atoms with van der Waals surface area (Å²) in [4.78, 5) is 0. The predicted molar refractivity (Wildman–Crippen MR) is 97.9 cm³/mol. The molecular formula is C22H28O2. The van der Waals surface area contributed by atoms with Crippen LogP contribution >= 0.6 is 0 Å². The van der Waals surface area contributed by atoms with Gasteiger partial charge in [-0.3, -0.25) is 0 Å². The smallest absolute Gasteiger partial charge is 0.222 e. The molecule has 2 heteroatoms. The minimum absolute atomic E-state index is 0.260. The van der Waals surface area contributed by atoms with Crippen molar-refractivity contribution >= 4 is 0 Å².